The third kappa shape index (κ3) is 6.77. The minimum absolute atomic E-state index is 0.145. The van der Waals surface area contributed by atoms with Crippen LogP contribution in [0.15, 0.2) is 42.5 Å². The molecule has 3 heterocycles. The molecular weight excluding hydrogens is 509 g/mol. The predicted molar refractivity (Wildman–Crippen MR) is 142 cm³/mol. The van der Waals surface area contributed by atoms with E-state index in [1.807, 2.05) is 17.0 Å². The maximum absolute atomic E-state index is 13.2. The van der Waals surface area contributed by atoms with Gasteiger partial charge in [-0.05, 0) is 35.4 Å². The zero-order chi connectivity index (χ0) is 26.3. The zero-order valence-electron chi connectivity index (χ0n) is 21.5. The van der Waals surface area contributed by atoms with Gasteiger partial charge in [-0.3, -0.25) is 9.69 Å². The van der Waals surface area contributed by atoms with E-state index in [2.05, 4.69) is 25.2 Å². The number of hydrogen-bond acceptors (Lipinski definition) is 9. The topological polar surface area (TPSA) is 80.3 Å². The molecule has 38 heavy (non-hydrogen) atoms. The lowest BCUT2D eigenvalue weighted by atomic mass is 10.1. The van der Waals surface area contributed by atoms with Crippen LogP contribution in [-0.2, 0) is 22.5 Å². The van der Waals surface area contributed by atoms with Crippen molar-refractivity contribution in [2.24, 2.45) is 0 Å². The first-order valence-corrected chi connectivity index (χ1v) is 13.5. The van der Waals surface area contributed by atoms with Crippen molar-refractivity contribution in [2.75, 3.05) is 64.7 Å². The highest BCUT2D eigenvalue weighted by atomic mass is 32.1. The Morgan fingerprint density at radius 2 is 1.82 bits per heavy atom. The van der Waals surface area contributed by atoms with Gasteiger partial charge < -0.3 is 24.0 Å². The van der Waals surface area contributed by atoms with Gasteiger partial charge in [0, 0.05) is 77.3 Å². The largest absolute Gasteiger partial charge is 0.454 e. The summed E-state index contributed by atoms with van der Waals surface area (Å²) in [5, 5.41) is 0.764. The number of piperazine rings is 1. The smallest absolute Gasteiger partial charge is 0.231 e. The van der Waals surface area contributed by atoms with Crippen molar-refractivity contribution >= 4 is 22.6 Å². The summed E-state index contributed by atoms with van der Waals surface area (Å²) in [6.07, 6.45) is 0.934. The van der Waals surface area contributed by atoms with E-state index < -0.39 is 0 Å². The van der Waals surface area contributed by atoms with Gasteiger partial charge in [-0.25, -0.2) is 9.37 Å². The number of carbonyl (C=O) groups is 1. The molecule has 5 rings (SSSR count). The van der Waals surface area contributed by atoms with Crippen LogP contribution in [0, 0.1) is 5.82 Å². The van der Waals surface area contributed by atoms with Gasteiger partial charge in [0.05, 0.1) is 6.61 Å². The Bertz CT molecular complexity index is 1220. The van der Waals surface area contributed by atoms with Crippen molar-refractivity contribution in [1.82, 2.24) is 19.2 Å². The molecule has 0 radical (unpaired) electrons. The second kappa shape index (κ2) is 12.5. The maximum Gasteiger partial charge on any atom is 0.231 e. The number of ether oxygens (including phenoxy) is 3. The Labute approximate surface area is 225 Å². The fourth-order valence-corrected chi connectivity index (χ4v) is 5.31. The molecule has 0 spiro atoms. The summed E-state index contributed by atoms with van der Waals surface area (Å²) in [4.78, 5) is 24.1. The first-order valence-electron chi connectivity index (χ1n) is 12.8. The predicted octanol–water partition coefficient (Wildman–Crippen LogP) is 3.18. The molecule has 0 unspecified atom stereocenters. The van der Waals surface area contributed by atoms with Gasteiger partial charge in [-0.15, -0.1) is 0 Å². The first-order chi connectivity index (χ1) is 18.6. The molecule has 0 aliphatic carbocycles. The van der Waals surface area contributed by atoms with Crippen LogP contribution in [-0.4, -0.2) is 84.8 Å². The molecule has 0 atom stereocenters. The Balaban J connectivity index is 1.10. The number of anilines is 1. The second-order valence-electron chi connectivity index (χ2n) is 9.37. The van der Waals surface area contributed by atoms with Crippen molar-refractivity contribution < 1.29 is 23.4 Å². The monoisotopic (exact) mass is 541 g/mol. The number of rotatable bonds is 11. The van der Waals surface area contributed by atoms with Crippen molar-refractivity contribution in [3.63, 3.8) is 0 Å². The fourth-order valence-electron chi connectivity index (χ4n) is 4.58. The SMILES string of the molecule is COCCN(CCC(=O)N1CCN(Cc2ccc3c(c2)OCO3)CC1)c1nc(Cc2ccc(F)cc2)ns1. The molecule has 202 valence electrons. The molecule has 0 N–H and O–H groups in total. The van der Waals surface area contributed by atoms with Gasteiger partial charge in [0.1, 0.15) is 11.6 Å². The van der Waals surface area contributed by atoms with E-state index >= 15 is 0 Å². The summed E-state index contributed by atoms with van der Waals surface area (Å²) in [7, 11) is 1.66. The molecule has 11 heteroatoms. The first kappa shape index (κ1) is 26.3. The number of nitrogens with zero attached hydrogens (tertiary/aromatic N) is 5. The Hall–Kier alpha value is -3.28. The molecule has 1 aromatic heterocycles. The highest BCUT2D eigenvalue weighted by molar-refractivity contribution is 7.09. The standard InChI is InChI=1S/C27H32FN5O4S/c1-35-15-14-33(27-29-25(30-38-27)17-20-2-5-22(28)6-3-20)9-8-26(34)32-12-10-31(11-13-32)18-21-4-7-23-24(16-21)37-19-36-23/h2-7,16H,8-15,17-19H2,1H3. The second-order valence-corrected chi connectivity index (χ2v) is 10.1. The number of benzene rings is 2. The summed E-state index contributed by atoms with van der Waals surface area (Å²) < 4.78 is 33.8. The third-order valence-electron chi connectivity index (χ3n) is 6.73. The van der Waals surface area contributed by atoms with Crippen LogP contribution >= 0.6 is 11.5 Å². The average Bonchev–Trinajstić information content (AvgIpc) is 3.60. The van der Waals surface area contributed by atoms with Gasteiger partial charge >= 0.3 is 0 Å². The van der Waals surface area contributed by atoms with Crippen molar-refractivity contribution in [2.45, 2.75) is 19.4 Å². The number of hydrogen-bond donors (Lipinski definition) is 0. The minimum atomic E-state index is -0.262. The Morgan fingerprint density at radius 3 is 2.61 bits per heavy atom. The summed E-state index contributed by atoms with van der Waals surface area (Å²) in [6, 6.07) is 12.4. The van der Waals surface area contributed by atoms with E-state index in [1.165, 1.54) is 29.2 Å². The van der Waals surface area contributed by atoms with Crippen LogP contribution in [0.3, 0.4) is 0 Å². The Morgan fingerprint density at radius 1 is 1.05 bits per heavy atom. The van der Waals surface area contributed by atoms with Crippen LogP contribution in [0.2, 0.25) is 0 Å². The van der Waals surface area contributed by atoms with E-state index in [0.29, 0.717) is 51.5 Å². The fraction of sp³-hybridized carbons (Fsp3) is 0.444. The molecule has 1 fully saturated rings. The molecule has 1 amide bonds. The molecule has 3 aromatic rings. The van der Waals surface area contributed by atoms with Crippen molar-refractivity contribution in [3.8, 4) is 11.5 Å². The van der Waals surface area contributed by atoms with Gasteiger partial charge in [-0.2, -0.15) is 4.37 Å². The lowest BCUT2D eigenvalue weighted by molar-refractivity contribution is -0.132. The third-order valence-corrected chi connectivity index (χ3v) is 7.55. The number of halogens is 1. The maximum atomic E-state index is 13.2. The summed E-state index contributed by atoms with van der Waals surface area (Å²) in [6.45, 7) is 5.87. The molecule has 2 aliphatic rings. The molecule has 2 aliphatic heterocycles. The lowest BCUT2D eigenvalue weighted by Gasteiger charge is -2.35. The zero-order valence-corrected chi connectivity index (χ0v) is 22.3. The lowest BCUT2D eigenvalue weighted by Crippen LogP contribution is -2.48. The quantitative estimate of drug-likeness (QED) is 0.366. The van der Waals surface area contributed by atoms with Gasteiger partial charge in [-0.1, -0.05) is 18.2 Å². The number of methoxy groups -OCH3 is 1. The van der Waals surface area contributed by atoms with Crippen LogP contribution < -0.4 is 14.4 Å². The molecule has 2 aromatic carbocycles. The van der Waals surface area contributed by atoms with Gasteiger partial charge in [0.2, 0.25) is 17.8 Å². The molecule has 0 saturated carbocycles. The van der Waals surface area contributed by atoms with Gasteiger partial charge in [0.15, 0.2) is 11.5 Å². The normalized spacial score (nSPS) is 15.2. The summed E-state index contributed by atoms with van der Waals surface area (Å²) in [5.74, 6) is 2.16. The van der Waals surface area contributed by atoms with Crippen molar-refractivity contribution in [1.29, 1.82) is 0 Å². The number of aromatic nitrogens is 2. The van der Waals surface area contributed by atoms with Crippen LogP contribution in [0.5, 0.6) is 11.5 Å². The Kier molecular flexibility index (Phi) is 8.67. The molecule has 0 bridgehead atoms. The van der Waals surface area contributed by atoms with E-state index in [4.69, 9.17) is 14.2 Å². The minimum Gasteiger partial charge on any atom is -0.454 e. The van der Waals surface area contributed by atoms with E-state index in [9.17, 15) is 9.18 Å². The number of carbonyl (C=O) groups excluding carboxylic acids is 1. The van der Waals surface area contributed by atoms with Crippen molar-refractivity contribution in [3.05, 3.63) is 65.2 Å². The van der Waals surface area contributed by atoms with E-state index in [-0.39, 0.29) is 18.5 Å². The van der Waals surface area contributed by atoms with E-state index in [0.717, 1.165) is 41.8 Å². The molecular formula is C27H32FN5O4S. The van der Waals surface area contributed by atoms with Gasteiger partial charge in [0.25, 0.3) is 0 Å². The molecule has 1 saturated heterocycles. The highest BCUT2D eigenvalue weighted by Crippen LogP contribution is 2.33. The van der Waals surface area contributed by atoms with E-state index in [1.54, 1.807) is 19.2 Å². The van der Waals surface area contributed by atoms with Crippen LogP contribution in [0.1, 0.15) is 23.4 Å². The summed E-state index contributed by atoms with van der Waals surface area (Å²) in [5.41, 5.74) is 2.13. The average molecular weight is 542 g/mol. The van der Waals surface area contributed by atoms with Crippen LogP contribution in [0.4, 0.5) is 9.52 Å². The summed E-state index contributed by atoms with van der Waals surface area (Å²) >= 11 is 1.31. The number of fused-ring (bicyclic) bond motifs is 1. The van der Waals surface area contributed by atoms with Crippen LogP contribution in [0.25, 0.3) is 0 Å². The molecule has 9 nitrogen and oxygen atoms in total. The highest BCUT2D eigenvalue weighted by Gasteiger charge is 2.23. The number of amides is 1.